The molecular weight excluding hydrogens is 370 g/mol. The summed E-state index contributed by atoms with van der Waals surface area (Å²) in [5, 5.41) is 6.40. The van der Waals surface area contributed by atoms with Crippen LogP contribution in [0.3, 0.4) is 0 Å². The van der Waals surface area contributed by atoms with Gasteiger partial charge in [-0.2, -0.15) is 0 Å². The highest BCUT2D eigenvalue weighted by Gasteiger charge is 2.38. The van der Waals surface area contributed by atoms with Gasteiger partial charge in [-0.1, -0.05) is 24.3 Å². The van der Waals surface area contributed by atoms with Crippen LogP contribution < -0.4 is 10.6 Å². The minimum Gasteiger partial charge on any atom is -0.361 e. The van der Waals surface area contributed by atoms with E-state index in [2.05, 4.69) is 20.6 Å². The van der Waals surface area contributed by atoms with E-state index in [4.69, 9.17) is 0 Å². The number of hydrogen-bond acceptors (Lipinski definition) is 4. The fraction of sp³-hybridized carbons (Fsp3) is 0.238. The number of benzene rings is 1. The zero-order valence-corrected chi connectivity index (χ0v) is 15.7. The van der Waals surface area contributed by atoms with E-state index in [0.29, 0.717) is 6.42 Å². The largest absolute Gasteiger partial charge is 0.361 e. The molecule has 8 heteroatoms. The second kappa shape index (κ2) is 8.14. The molecule has 3 aromatic rings. The second-order valence-electron chi connectivity index (χ2n) is 6.90. The number of urea groups is 1. The summed E-state index contributed by atoms with van der Waals surface area (Å²) in [6, 6.07) is 12.0. The molecule has 1 atom stereocenters. The highest BCUT2D eigenvalue weighted by Crippen LogP contribution is 2.19. The van der Waals surface area contributed by atoms with E-state index in [0.717, 1.165) is 22.2 Å². The zero-order chi connectivity index (χ0) is 20.2. The minimum absolute atomic E-state index is 0.0962. The van der Waals surface area contributed by atoms with Gasteiger partial charge in [-0.3, -0.25) is 19.5 Å². The van der Waals surface area contributed by atoms with Gasteiger partial charge in [0, 0.05) is 29.8 Å². The van der Waals surface area contributed by atoms with Crippen LogP contribution in [0.2, 0.25) is 0 Å². The molecule has 0 aliphatic carbocycles. The summed E-state index contributed by atoms with van der Waals surface area (Å²) < 4.78 is 0. The normalized spacial score (nSPS) is 16.3. The molecule has 3 heterocycles. The number of H-pyrrole nitrogens is 1. The Morgan fingerprint density at radius 1 is 1.14 bits per heavy atom. The lowest BCUT2D eigenvalue weighted by molar-refractivity contribution is -0.130. The number of nitrogens with one attached hydrogen (secondary N) is 3. The Bertz CT molecular complexity index is 1050. The Labute approximate surface area is 167 Å². The maximum absolute atomic E-state index is 12.6. The van der Waals surface area contributed by atoms with Crippen LogP contribution in [0.1, 0.15) is 17.7 Å². The van der Waals surface area contributed by atoms with Gasteiger partial charge in [0.25, 0.3) is 5.91 Å². The first kappa shape index (κ1) is 18.7. The van der Waals surface area contributed by atoms with Gasteiger partial charge in [0.2, 0.25) is 5.91 Å². The molecule has 8 nitrogen and oxygen atoms in total. The molecular formula is C21H21N5O3. The number of fused-ring (bicyclic) bond motifs is 1. The third-order valence-corrected chi connectivity index (χ3v) is 4.97. The monoisotopic (exact) mass is 391 g/mol. The highest BCUT2D eigenvalue weighted by molar-refractivity contribution is 6.05. The van der Waals surface area contributed by atoms with Crippen molar-refractivity contribution >= 4 is 28.7 Å². The lowest BCUT2D eigenvalue weighted by Gasteiger charge is -2.12. The Balaban J connectivity index is 1.31. The van der Waals surface area contributed by atoms with Gasteiger partial charge in [0.15, 0.2) is 0 Å². The van der Waals surface area contributed by atoms with Crippen molar-refractivity contribution < 1.29 is 14.4 Å². The van der Waals surface area contributed by atoms with Crippen LogP contribution in [-0.2, 0) is 22.6 Å². The quantitative estimate of drug-likeness (QED) is 0.533. The number of carbonyl (C=O) groups excluding carboxylic acids is 3. The van der Waals surface area contributed by atoms with Crippen LogP contribution in [0.5, 0.6) is 0 Å². The smallest absolute Gasteiger partial charge is 0.324 e. The number of para-hydroxylation sites is 1. The summed E-state index contributed by atoms with van der Waals surface area (Å²) in [7, 11) is 0. The van der Waals surface area contributed by atoms with Crippen LogP contribution >= 0.6 is 0 Å². The summed E-state index contributed by atoms with van der Waals surface area (Å²) in [6.07, 6.45) is 3.99. The first-order chi connectivity index (χ1) is 14.1. The first-order valence-corrected chi connectivity index (χ1v) is 9.45. The molecule has 1 aromatic carbocycles. The third kappa shape index (κ3) is 4.11. The average molecular weight is 391 g/mol. The molecule has 4 rings (SSSR count). The minimum atomic E-state index is -0.839. The number of nitrogens with zero attached hydrogens (tertiary/aromatic N) is 2. The lowest BCUT2D eigenvalue weighted by atomic mass is 10.1. The first-order valence-electron chi connectivity index (χ1n) is 9.45. The van der Waals surface area contributed by atoms with Gasteiger partial charge in [-0.25, -0.2) is 4.79 Å². The van der Waals surface area contributed by atoms with E-state index in [-0.39, 0.29) is 31.3 Å². The van der Waals surface area contributed by atoms with Crippen LogP contribution in [0, 0.1) is 0 Å². The standard InChI is InChI=1S/C21H21N5O3/c27-19(24-13-15-5-3-4-9-22-15)11-18-20(28)26(21(29)25-18)10-8-14-12-23-17-7-2-1-6-16(14)17/h1-7,9,12,18,23H,8,10-11,13H2,(H,24,27)(H,25,29)/t18-/m0/s1. The van der Waals surface area contributed by atoms with Crippen molar-refractivity contribution in [1.82, 2.24) is 25.5 Å². The molecule has 0 bridgehead atoms. The summed E-state index contributed by atoms with van der Waals surface area (Å²) in [5.41, 5.74) is 2.78. The Kier molecular flexibility index (Phi) is 5.24. The molecule has 4 amide bonds. The van der Waals surface area contributed by atoms with Gasteiger partial charge in [0.1, 0.15) is 6.04 Å². The molecule has 1 aliphatic rings. The molecule has 29 heavy (non-hydrogen) atoms. The van der Waals surface area contributed by atoms with Gasteiger partial charge in [0.05, 0.1) is 18.7 Å². The number of amides is 4. The number of aromatic amines is 1. The van der Waals surface area contributed by atoms with Gasteiger partial charge < -0.3 is 15.6 Å². The van der Waals surface area contributed by atoms with Crippen molar-refractivity contribution in [2.45, 2.75) is 25.4 Å². The van der Waals surface area contributed by atoms with Crippen molar-refractivity contribution in [3.63, 3.8) is 0 Å². The average Bonchev–Trinajstić information content (AvgIpc) is 3.26. The maximum atomic E-state index is 12.6. The van der Waals surface area contributed by atoms with Crippen molar-refractivity contribution in [1.29, 1.82) is 0 Å². The number of rotatable bonds is 7. The summed E-state index contributed by atoms with van der Waals surface area (Å²) >= 11 is 0. The highest BCUT2D eigenvalue weighted by atomic mass is 16.2. The van der Waals surface area contributed by atoms with Crippen LogP contribution in [0.25, 0.3) is 10.9 Å². The molecule has 3 N–H and O–H groups in total. The fourth-order valence-electron chi connectivity index (χ4n) is 3.45. The Hall–Kier alpha value is -3.68. The zero-order valence-electron chi connectivity index (χ0n) is 15.7. The van der Waals surface area contributed by atoms with Crippen LogP contribution in [-0.4, -0.2) is 45.3 Å². The van der Waals surface area contributed by atoms with E-state index >= 15 is 0 Å². The lowest BCUT2D eigenvalue weighted by Crippen LogP contribution is -2.36. The van der Waals surface area contributed by atoms with Crippen LogP contribution in [0.15, 0.2) is 54.9 Å². The topological polar surface area (TPSA) is 107 Å². The predicted octanol–water partition coefficient (Wildman–Crippen LogP) is 1.73. The Morgan fingerprint density at radius 2 is 1.97 bits per heavy atom. The Morgan fingerprint density at radius 3 is 2.79 bits per heavy atom. The van der Waals surface area contributed by atoms with Gasteiger partial charge in [-0.05, 0) is 30.2 Å². The SMILES string of the molecule is O=C(C[C@@H]1NC(=O)N(CCc2c[nH]c3ccccc23)C1=O)NCc1ccccn1. The molecule has 0 spiro atoms. The second-order valence-corrected chi connectivity index (χ2v) is 6.90. The van der Waals surface area contributed by atoms with E-state index < -0.39 is 12.1 Å². The summed E-state index contributed by atoms with van der Waals surface area (Å²) in [6.45, 7) is 0.539. The molecule has 1 saturated heterocycles. The van der Waals surface area contributed by atoms with Gasteiger partial charge in [-0.15, -0.1) is 0 Å². The molecule has 148 valence electrons. The van der Waals surface area contributed by atoms with Crippen molar-refractivity contribution in [3.05, 3.63) is 66.1 Å². The maximum Gasteiger partial charge on any atom is 0.324 e. The van der Waals surface area contributed by atoms with Crippen LogP contribution in [0.4, 0.5) is 4.79 Å². The number of pyridine rings is 1. The molecule has 0 saturated carbocycles. The molecule has 1 aliphatic heterocycles. The summed E-state index contributed by atoms with van der Waals surface area (Å²) in [4.78, 5) is 45.5. The van der Waals surface area contributed by atoms with Gasteiger partial charge >= 0.3 is 6.03 Å². The van der Waals surface area contributed by atoms with Crippen molar-refractivity contribution in [3.8, 4) is 0 Å². The summed E-state index contributed by atoms with van der Waals surface area (Å²) in [5.74, 6) is -0.685. The molecule has 2 aromatic heterocycles. The van der Waals surface area contributed by atoms with Crippen molar-refractivity contribution in [2.24, 2.45) is 0 Å². The molecule has 0 unspecified atom stereocenters. The third-order valence-electron chi connectivity index (χ3n) is 4.97. The number of hydrogen-bond donors (Lipinski definition) is 3. The predicted molar refractivity (Wildman–Crippen MR) is 107 cm³/mol. The van der Waals surface area contributed by atoms with Crippen molar-refractivity contribution in [2.75, 3.05) is 6.54 Å². The van der Waals surface area contributed by atoms with E-state index in [1.165, 1.54) is 4.90 Å². The van der Waals surface area contributed by atoms with E-state index in [9.17, 15) is 14.4 Å². The number of imide groups is 1. The molecule has 1 fully saturated rings. The fourth-order valence-corrected chi connectivity index (χ4v) is 3.45. The number of aromatic nitrogens is 2. The van der Waals surface area contributed by atoms with E-state index in [1.54, 1.807) is 18.3 Å². The number of carbonyl (C=O) groups is 3. The molecule has 0 radical (unpaired) electrons. The van der Waals surface area contributed by atoms with E-state index in [1.807, 2.05) is 36.5 Å².